The van der Waals surface area contributed by atoms with Crippen molar-refractivity contribution in [3.8, 4) is 0 Å². The normalized spacial score (nSPS) is 10.1. The molecule has 0 saturated heterocycles. The van der Waals surface area contributed by atoms with Crippen molar-refractivity contribution < 1.29 is 14.7 Å². The van der Waals surface area contributed by atoms with E-state index in [2.05, 4.69) is 9.97 Å². The Hall–Kier alpha value is -1.63. The molecule has 0 bridgehead atoms. The standard InChI is InChI=1S/C11H15N3O3S/c1-3-14(4-2)10(15)7-18-9-6-12-8(5-13-9)11(16)17/h5-6H,3-4,7H2,1-2H3,(H,16,17). The Morgan fingerprint density at radius 1 is 1.28 bits per heavy atom. The zero-order chi connectivity index (χ0) is 13.5. The third kappa shape index (κ3) is 3.99. The van der Waals surface area contributed by atoms with E-state index in [-0.39, 0.29) is 17.4 Å². The molecule has 1 heterocycles. The summed E-state index contributed by atoms with van der Waals surface area (Å²) in [4.78, 5) is 31.7. The first-order valence-corrected chi connectivity index (χ1v) is 6.53. The van der Waals surface area contributed by atoms with Crippen LogP contribution in [0.2, 0.25) is 0 Å². The molecule has 0 aliphatic heterocycles. The highest BCUT2D eigenvalue weighted by Crippen LogP contribution is 2.14. The van der Waals surface area contributed by atoms with Crippen molar-refractivity contribution in [2.24, 2.45) is 0 Å². The minimum Gasteiger partial charge on any atom is -0.476 e. The maximum Gasteiger partial charge on any atom is 0.356 e. The van der Waals surface area contributed by atoms with Crippen molar-refractivity contribution in [1.82, 2.24) is 14.9 Å². The molecule has 1 N–H and O–H groups in total. The molecule has 0 radical (unpaired) electrons. The molecule has 0 spiro atoms. The molecule has 0 aromatic carbocycles. The molecule has 1 aromatic rings. The number of aromatic nitrogens is 2. The molecular weight excluding hydrogens is 254 g/mol. The van der Waals surface area contributed by atoms with Gasteiger partial charge in [-0.2, -0.15) is 0 Å². The first-order valence-electron chi connectivity index (χ1n) is 5.54. The topological polar surface area (TPSA) is 83.4 Å². The van der Waals surface area contributed by atoms with Crippen molar-refractivity contribution in [2.75, 3.05) is 18.8 Å². The Balaban J connectivity index is 2.53. The first-order chi connectivity index (χ1) is 8.58. The van der Waals surface area contributed by atoms with Crippen molar-refractivity contribution in [1.29, 1.82) is 0 Å². The van der Waals surface area contributed by atoms with Gasteiger partial charge in [-0.05, 0) is 13.8 Å². The van der Waals surface area contributed by atoms with Gasteiger partial charge < -0.3 is 10.0 Å². The summed E-state index contributed by atoms with van der Waals surface area (Å²) in [6.45, 7) is 5.21. The average Bonchev–Trinajstić information content (AvgIpc) is 2.38. The predicted molar refractivity (Wildman–Crippen MR) is 67.6 cm³/mol. The highest BCUT2D eigenvalue weighted by atomic mass is 32.2. The van der Waals surface area contributed by atoms with E-state index in [9.17, 15) is 9.59 Å². The average molecular weight is 269 g/mol. The van der Waals surface area contributed by atoms with Crippen molar-refractivity contribution in [2.45, 2.75) is 18.9 Å². The summed E-state index contributed by atoms with van der Waals surface area (Å²) in [5.41, 5.74) is -0.102. The number of nitrogens with zero attached hydrogens (tertiary/aromatic N) is 3. The van der Waals surface area contributed by atoms with Gasteiger partial charge in [-0.25, -0.2) is 14.8 Å². The third-order valence-electron chi connectivity index (χ3n) is 2.31. The fourth-order valence-electron chi connectivity index (χ4n) is 1.30. The van der Waals surface area contributed by atoms with Gasteiger partial charge in [0.1, 0.15) is 5.03 Å². The van der Waals surface area contributed by atoms with Crippen LogP contribution in [0.3, 0.4) is 0 Å². The largest absolute Gasteiger partial charge is 0.476 e. The highest BCUT2D eigenvalue weighted by Gasteiger charge is 2.11. The van der Waals surface area contributed by atoms with Crippen LogP contribution in [0.15, 0.2) is 17.4 Å². The minimum absolute atomic E-state index is 0.0362. The lowest BCUT2D eigenvalue weighted by Crippen LogP contribution is -2.31. The lowest BCUT2D eigenvalue weighted by atomic mass is 10.5. The quantitative estimate of drug-likeness (QED) is 0.780. The summed E-state index contributed by atoms with van der Waals surface area (Å²) in [6, 6.07) is 0. The van der Waals surface area contributed by atoms with Gasteiger partial charge in [0, 0.05) is 13.1 Å². The van der Waals surface area contributed by atoms with Gasteiger partial charge in [-0.3, -0.25) is 4.79 Å². The van der Waals surface area contributed by atoms with Gasteiger partial charge in [0.15, 0.2) is 5.69 Å². The zero-order valence-corrected chi connectivity index (χ0v) is 11.1. The Morgan fingerprint density at radius 2 is 1.94 bits per heavy atom. The maximum absolute atomic E-state index is 11.7. The van der Waals surface area contributed by atoms with Gasteiger partial charge in [-0.15, -0.1) is 0 Å². The summed E-state index contributed by atoms with van der Waals surface area (Å²) in [5.74, 6) is -0.796. The summed E-state index contributed by atoms with van der Waals surface area (Å²) in [5, 5.41) is 9.20. The number of rotatable bonds is 6. The molecule has 0 fully saturated rings. The van der Waals surface area contributed by atoms with Crippen LogP contribution in [-0.2, 0) is 4.79 Å². The molecule has 1 rings (SSSR count). The number of carboxylic acids is 1. The van der Waals surface area contributed by atoms with Crippen LogP contribution in [0, 0.1) is 0 Å². The van der Waals surface area contributed by atoms with E-state index < -0.39 is 5.97 Å². The van der Waals surface area contributed by atoms with Crippen molar-refractivity contribution in [3.63, 3.8) is 0 Å². The van der Waals surface area contributed by atoms with Crippen LogP contribution in [0.1, 0.15) is 24.3 Å². The molecule has 0 aliphatic rings. The van der Waals surface area contributed by atoms with Crippen molar-refractivity contribution in [3.05, 3.63) is 18.1 Å². The number of thioether (sulfide) groups is 1. The van der Waals surface area contributed by atoms with Gasteiger partial charge >= 0.3 is 5.97 Å². The van der Waals surface area contributed by atoms with E-state index in [0.717, 1.165) is 0 Å². The molecule has 0 atom stereocenters. The van der Waals surface area contributed by atoms with E-state index in [1.165, 1.54) is 24.2 Å². The molecule has 0 aliphatic carbocycles. The molecule has 98 valence electrons. The summed E-state index contributed by atoms with van der Waals surface area (Å²) >= 11 is 1.25. The molecule has 1 aromatic heterocycles. The van der Waals surface area contributed by atoms with Gasteiger partial charge in [0.25, 0.3) is 0 Å². The zero-order valence-electron chi connectivity index (χ0n) is 10.3. The number of hydrogen-bond donors (Lipinski definition) is 1. The molecule has 18 heavy (non-hydrogen) atoms. The molecule has 6 nitrogen and oxygen atoms in total. The number of carboxylic acid groups (broad SMARTS) is 1. The van der Waals surface area contributed by atoms with Crippen LogP contribution >= 0.6 is 11.8 Å². The Kier molecular flexibility index (Phi) is 5.57. The highest BCUT2D eigenvalue weighted by molar-refractivity contribution is 7.99. The van der Waals surface area contributed by atoms with Gasteiger partial charge in [0.2, 0.25) is 5.91 Å². The number of carbonyl (C=O) groups excluding carboxylic acids is 1. The molecule has 0 saturated carbocycles. The van der Waals surface area contributed by atoms with E-state index in [4.69, 9.17) is 5.11 Å². The van der Waals surface area contributed by atoms with E-state index >= 15 is 0 Å². The third-order valence-corrected chi connectivity index (χ3v) is 3.20. The van der Waals surface area contributed by atoms with Crippen LogP contribution in [0.25, 0.3) is 0 Å². The minimum atomic E-state index is -1.11. The second-order valence-corrected chi connectivity index (χ2v) is 4.40. The molecule has 0 unspecified atom stereocenters. The fraction of sp³-hybridized carbons (Fsp3) is 0.455. The van der Waals surface area contributed by atoms with Crippen LogP contribution in [0.4, 0.5) is 0 Å². The van der Waals surface area contributed by atoms with Crippen LogP contribution in [0.5, 0.6) is 0 Å². The second-order valence-electron chi connectivity index (χ2n) is 3.40. The van der Waals surface area contributed by atoms with E-state index in [0.29, 0.717) is 18.1 Å². The number of hydrogen-bond acceptors (Lipinski definition) is 5. The fourth-order valence-corrected chi connectivity index (χ4v) is 2.01. The Labute approximate surface area is 109 Å². The molecule has 7 heteroatoms. The van der Waals surface area contributed by atoms with Crippen molar-refractivity contribution >= 4 is 23.6 Å². The summed E-state index contributed by atoms with van der Waals surface area (Å²) in [6.07, 6.45) is 2.55. The molecular formula is C11H15N3O3S. The van der Waals surface area contributed by atoms with E-state index in [1.807, 2.05) is 13.8 Å². The lowest BCUT2D eigenvalue weighted by Gasteiger charge is -2.17. The smallest absolute Gasteiger partial charge is 0.356 e. The Morgan fingerprint density at radius 3 is 2.39 bits per heavy atom. The Bertz CT molecular complexity index is 418. The van der Waals surface area contributed by atoms with Gasteiger partial charge in [0.05, 0.1) is 18.1 Å². The second kappa shape index (κ2) is 6.95. The lowest BCUT2D eigenvalue weighted by molar-refractivity contribution is -0.127. The number of carbonyl (C=O) groups is 2. The van der Waals surface area contributed by atoms with Crippen LogP contribution in [-0.4, -0.2) is 50.7 Å². The molecule has 1 amide bonds. The first kappa shape index (κ1) is 14.4. The maximum atomic E-state index is 11.7. The number of aromatic carboxylic acids is 1. The predicted octanol–water partition coefficient (Wildman–Crippen LogP) is 1.14. The SMILES string of the molecule is CCN(CC)C(=O)CSc1cnc(C(=O)O)cn1. The summed E-state index contributed by atoms with van der Waals surface area (Å²) < 4.78 is 0. The van der Waals surface area contributed by atoms with E-state index in [1.54, 1.807) is 4.90 Å². The summed E-state index contributed by atoms with van der Waals surface area (Å²) in [7, 11) is 0. The number of amides is 1. The van der Waals surface area contributed by atoms with Crippen LogP contribution < -0.4 is 0 Å². The van der Waals surface area contributed by atoms with Gasteiger partial charge in [-0.1, -0.05) is 11.8 Å². The monoisotopic (exact) mass is 269 g/mol.